The molecule has 0 radical (unpaired) electrons. The van der Waals surface area contributed by atoms with Crippen LogP contribution in [0.5, 0.6) is 5.75 Å². The molecule has 0 unspecified atom stereocenters. The summed E-state index contributed by atoms with van der Waals surface area (Å²) in [5, 5.41) is 3.40. The number of hydrogen-bond donors (Lipinski definition) is 1. The number of imidazole rings is 2. The summed E-state index contributed by atoms with van der Waals surface area (Å²) in [4.78, 5) is 13.8. The van der Waals surface area contributed by atoms with Gasteiger partial charge in [-0.1, -0.05) is 12.1 Å². The molecule has 0 aliphatic rings. The maximum Gasteiger partial charge on any atom is 0.161 e. The number of rotatable bonds is 5. The Morgan fingerprint density at radius 3 is 2.65 bits per heavy atom. The van der Waals surface area contributed by atoms with Gasteiger partial charge in [-0.05, 0) is 50.2 Å². The van der Waals surface area contributed by atoms with E-state index in [-0.39, 0.29) is 0 Å². The summed E-state index contributed by atoms with van der Waals surface area (Å²) in [6.07, 6.45) is 7.60. The largest absolute Gasteiger partial charge is 0.497 e. The van der Waals surface area contributed by atoms with Crippen LogP contribution in [0, 0.1) is 13.8 Å². The number of ether oxygens (including phenoxy) is 1. The number of pyridine rings is 2. The second-order valence-corrected chi connectivity index (χ2v) is 7.34. The Kier molecular flexibility index (Phi) is 4.63. The summed E-state index contributed by atoms with van der Waals surface area (Å²) in [5.74, 6) is 1.56. The molecule has 0 saturated heterocycles. The lowest BCUT2D eigenvalue weighted by molar-refractivity contribution is 0.415. The van der Waals surface area contributed by atoms with Crippen molar-refractivity contribution in [2.45, 2.75) is 13.8 Å². The fraction of sp³-hybridized carbons (Fsp3) is 0.125. The molecule has 0 aliphatic heterocycles. The maximum atomic E-state index is 5.38. The molecule has 154 valence electrons. The molecule has 1 aromatic carbocycles. The molecule has 0 spiro atoms. The summed E-state index contributed by atoms with van der Waals surface area (Å²) >= 11 is 0. The van der Waals surface area contributed by atoms with Crippen molar-refractivity contribution in [3.8, 4) is 22.7 Å². The topological polar surface area (TPSA) is 69.3 Å². The van der Waals surface area contributed by atoms with Gasteiger partial charge in [-0.2, -0.15) is 0 Å². The molecule has 4 heterocycles. The molecule has 0 fully saturated rings. The number of aryl methyl sites for hydroxylation is 2. The van der Waals surface area contributed by atoms with Crippen LogP contribution in [-0.2, 0) is 0 Å². The van der Waals surface area contributed by atoms with E-state index in [9.17, 15) is 0 Å². The number of hydrogen-bond acceptors (Lipinski definition) is 5. The van der Waals surface area contributed by atoms with Gasteiger partial charge in [0.05, 0.1) is 42.4 Å². The van der Waals surface area contributed by atoms with Gasteiger partial charge in [0.15, 0.2) is 5.65 Å². The Morgan fingerprint density at radius 2 is 1.90 bits per heavy atom. The quantitative estimate of drug-likeness (QED) is 0.444. The van der Waals surface area contributed by atoms with Crippen LogP contribution >= 0.6 is 0 Å². The molecule has 1 N–H and O–H groups in total. The predicted molar refractivity (Wildman–Crippen MR) is 121 cm³/mol. The highest BCUT2D eigenvalue weighted by molar-refractivity contribution is 5.77. The Hall–Kier alpha value is -4.13. The Bertz CT molecular complexity index is 1370. The normalized spacial score (nSPS) is 11.1. The summed E-state index contributed by atoms with van der Waals surface area (Å²) in [5.41, 5.74) is 6.66. The zero-order valence-electron chi connectivity index (χ0n) is 17.6. The minimum absolute atomic E-state index is 0.747. The number of nitrogens with one attached hydrogen (secondary N) is 1. The smallest absolute Gasteiger partial charge is 0.161 e. The van der Waals surface area contributed by atoms with Crippen molar-refractivity contribution in [1.82, 2.24) is 23.9 Å². The molecule has 31 heavy (non-hydrogen) atoms. The van der Waals surface area contributed by atoms with E-state index < -0.39 is 0 Å². The lowest BCUT2D eigenvalue weighted by Crippen LogP contribution is -1.98. The first-order chi connectivity index (χ1) is 15.1. The third kappa shape index (κ3) is 3.50. The van der Waals surface area contributed by atoms with Crippen molar-refractivity contribution in [2.24, 2.45) is 0 Å². The van der Waals surface area contributed by atoms with Crippen LogP contribution in [0.1, 0.15) is 11.4 Å². The number of methoxy groups -OCH3 is 1. The zero-order chi connectivity index (χ0) is 21.4. The SMILES string of the molecule is COc1cccc(-c2nc3c(Nc4ccc(-n5cnc(C)c5)cn4)cccn3c2C)c1. The van der Waals surface area contributed by atoms with Gasteiger partial charge in [0.1, 0.15) is 11.6 Å². The molecule has 5 aromatic rings. The minimum Gasteiger partial charge on any atom is -0.497 e. The third-order valence-electron chi connectivity index (χ3n) is 5.25. The maximum absolute atomic E-state index is 5.38. The van der Waals surface area contributed by atoms with E-state index in [0.29, 0.717) is 0 Å². The van der Waals surface area contributed by atoms with E-state index in [1.54, 1.807) is 13.4 Å². The van der Waals surface area contributed by atoms with Gasteiger partial charge in [0.2, 0.25) is 0 Å². The monoisotopic (exact) mass is 410 g/mol. The van der Waals surface area contributed by atoms with Gasteiger partial charge in [-0.3, -0.25) is 0 Å². The molecule has 4 aromatic heterocycles. The predicted octanol–water partition coefficient (Wildman–Crippen LogP) is 4.95. The van der Waals surface area contributed by atoms with Crippen LogP contribution in [0.3, 0.4) is 0 Å². The standard InChI is InChI=1S/C24H22N6O/c1-16-14-29(15-26-16)19-9-10-22(25-13-19)27-21-8-5-11-30-17(2)23(28-24(21)30)18-6-4-7-20(12-18)31-3/h4-15H,1-3H3,(H,25,27). The van der Waals surface area contributed by atoms with Crippen molar-refractivity contribution >= 4 is 17.2 Å². The molecule has 0 aliphatic carbocycles. The van der Waals surface area contributed by atoms with Gasteiger partial charge < -0.3 is 19.0 Å². The van der Waals surface area contributed by atoms with E-state index in [0.717, 1.165) is 51.2 Å². The van der Waals surface area contributed by atoms with Gasteiger partial charge >= 0.3 is 0 Å². The molecule has 7 heteroatoms. The summed E-state index contributed by atoms with van der Waals surface area (Å²) in [6, 6.07) is 15.9. The molecule has 7 nitrogen and oxygen atoms in total. The Morgan fingerprint density at radius 1 is 1.00 bits per heavy atom. The first-order valence-electron chi connectivity index (χ1n) is 9.98. The summed E-state index contributed by atoms with van der Waals surface area (Å²) in [6.45, 7) is 4.03. The first kappa shape index (κ1) is 18.9. The van der Waals surface area contributed by atoms with Gasteiger partial charge in [0, 0.05) is 23.7 Å². The average molecular weight is 410 g/mol. The molecule has 0 atom stereocenters. The molecule has 0 amide bonds. The van der Waals surface area contributed by atoms with Gasteiger partial charge in [-0.25, -0.2) is 15.0 Å². The highest BCUT2D eigenvalue weighted by Crippen LogP contribution is 2.30. The third-order valence-corrected chi connectivity index (χ3v) is 5.25. The number of fused-ring (bicyclic) bond motifs is 1. The second-order valence-electron chi connectivity index (χ2n) is 7.34. The van der Waals surface area contributed by atoms with E-state index in [1.165, 1.54) is 0 Å². The number of nitrogens with zero attached hydrogens (tertiary/aromatic N) is 5. The van der Waals surface area contributed by atoms with Crippen molar-refractivity contribution < 1.29 is 4.74 Å². The highest BCUT2D eigenvalue weighted by atomic mass is 16.5. The van der Waals surface area contributed by atoms with E-state index in [4.69, 9.17) is 9.72 Å². The fourth-order valence-electron chi connectivity index (χ4n) is 3.64. The van der Waals surface area contributed by atoms with Crippen LogP contribution in [0.2, 0.25) is 0 Å². The van der Waals surface area contributed by atoms with E-state index in [1.807, 2.05) is 78.6 Å². The Balaban J connectivity index is 1.49. The van der Waals surface area contributed by atoms with Gasteiger partial charge in [0.25, 0.3) is 0 Å². The van der Waals surface area contributed by atoms with Gasteiger partial charge in [-0.15, -0.1) is 0 Å². The summed E-state index contributed by atoms with van der Waals surface area (Å²) < 4.78 is 9.41. The summed E-state index contributed by atoms with van der Waals surface area (Å²) in [7, 11) is 1.67. The molecule has 0 bridgehead atoms. The zero-order valence-corrected chi connectivity index (χ0v) is 17.6. The lowest BCUT2D eigenvalue weighted by Gasteiger charge is -2.08. The fourth-order valence-corrected chi connectivity index (χ4v) is 3.64. The van der Waals surface area contributed by atoms with Crippen LogP contribution in [0.4, 0.5) is 11.5 Å². The van der Waals surface area contributed by atoms with Crippen LogP contribution in [-0.4, -0.2) is 31.0 Å². The van der Waals surface area contributed by atoms with Crippen molar-refractivity contribution in [2.75, 3.05) is 12.4 Å². The van der Waals surface area contributed by atoms with Crippen LogP contribution in [0.25, 0.3) is 22.6 Å². The minimum atomic E-state index is 0.747. The van der Waals surface area contributed by atoms with Crippen LogP contribution in [0.15, 0.2) is 73.4 Å². The molecule has 5 rings (SSSR count). The Labute approximate surface area is 180 Å². The highest BCUT2D eigenvalue weighted by Gasteiger charge is 2.14. The number of benzene rings is 1. The van der Waals surface area contributed by atoms with Crippen molar-refractivity contribution in [1.29, 1.82) is 0 Å². The second kappa shape index (κ2) is 7.60. The number of aromatic nitrogens is 5. The average Bonchev–Trinajstić information content (AvgIpc) is 3.38. The van der Waals surface area contributed by atoms with Crippen molar-refractivity contribution in [3.63, 3.8) is 0 Å². The molecular weight excluding hydrogens is 388 g/mol. The number of anilines is 2. The van der Waals surface area contributed by atoms with Crippen molar-refractivity contribution in [3.05, 3.63) is 84.8 Å². The van der Waals surface area contributed by atoms with E-state index >= 15 is 0 Å². The molecule has 0 saturated carbocycles. The molecular formula is C24H22N6O. The van der Waals surface area contributed by atoms with E-state index in [2.05, 4.69) is 26.6 Å². The van der Waals surface area contributed by atoms with Crippen LogP contribution < -0.4 is 10.1 Å². The lowest BCUT2D eigenvalue weighted by atomic mass is 10.1. The first-order valence-corrected chi connectivity index (χ1v) is 9.98.